The van der Waals surface area contributed by atoms with Gasteiger partial charge in [-0.25, -0.2) is 0 Å². The maximum Gasteiger partial charge on any atom is 0.271 e. The van der Waals surface area contributed by atoms with E-state index in [1.165, 1.54) is 0 Å². The highest BCUT2D eigenvalue weighted by Gasteiger charge is 2.29. The molecule has 0 aliphatic carbocycles. The molecular weight excluding hydrogens is 322 g/mol. The van der Waals surface area contributed by atoms with Crippen LogP contribution >= 0.6 is 0 Å². The van der Waals surface area contributed by atoms with E-state index in [-0.39, 0.29) is 17.5 Å². The first-order chi connectivity index (χ1) is 12.0. The van der Waals surface area contributed by atoms with Crippen molar-refractivity contribution < 1.29 is 9.59 Å². The summed E-state index contributed by atoms with van der Waals surface area (Å²) in [7, 11) is 0. The summed E-state index contributed by atoms with van der Waals surface area (Å²) in [6, 6.07) is 5.45. The third-order valence-electron chi connectivity index (χ3n) is 3.86. The predicted molar refractivity (Wildman–Crippen MR) is 92.6 cm³/mol. The zero-order chi connectivity index (χ0) is 17.8. The Bertz CT molecular complexity index is 869. The Morgan fingerprint density at radius 3 is 2.64 bits per heavy atom. The standard InChI is InChI=1S/C17H17N5O3/c18-15(23)1-2-16(24)22-9-13(10-22)21-14-7-12(8-20-17(14)25)11-3-5-19-6-4-11/h1-8,13,21H,9-10H2,(H2,18,23)(H,20,25). The third kappa shape index (κ3) is 3.92. The quantitative estimate of drug-likeness (QED) is 0.667. The molecule has 4 N–H and O–H groups in total. The number of rotatable bonds is 5. The van der Waals surface area contributed by atoms with Crippen LogP contribution in [0, 0.1) is 0 Å². The van der Waals surface area contributed by atoms with Crippen LogP contribution in [0.1, 0.15) is 0 Å². The average Bonchev–Trinajstić information content (AvgIpc) is 2.57. The summed E-state index contributed by atoms with van der Waals surface area (Å²) < 4.78 is 0. The van der Waals surface area contributed by atoms with Gasteiger partial charge in [-0.15, -0.1) is 0 Å². The van der Waals surface area contributed by atoms with Crippen molar-refractivity contribution in [1.82, 2.24) is 14.9 Å². The number of carbonyl (C=O) groups is 2. The lowest BCUT2D eigenvalue weighted by Gasteiger charge is -2.39. The molecule has 2 amide bonds. The van der Waals surface area contributed by atoms with E-state index in [4.69, 9.17) is 5.73 Å². The first-order valence-corrected chi connectivity index (χ1v) is 7.69. The van der Waals surface area contributed by atoms with E-state index in [1.54, 1.807) is 29.6 Å². The van der Waals surface area contributed by atoms with Crippen molar-refractivity contribution in [3.05, 3.63) is 59.3 Å². The average molecular weight is 339 g/mol. The summed E-state index contributed by atoms with van der Waals surface area (Å²) in [6.07, 6.45) is 7.20. The Kier molecular flexibility index (Phi) is 4.60. The van der Waals surface area contributed by atoms with Gasteiger partial charge in [-0.2, -0.15) is 0 Å². The number of primary amides is 1. The van der Waals surface area contributed by atoms with Crippen LogP contribution in [0.15, 0.2) is 53.7 Å². The monoisotopic (exact) mass is 339 g/mol. The molecule has 0 aromatic carbocycles. The largest absolute Gasteiger partial charge is 0.374 e. The highest BCUT2D eigenvalue weighted by atomic mass is 16.2. The van der Waals surface area contributed by atoms with Gasteiger partial charge in [0.05, 0.1) is 6.04 Å². The molecule has 3 heterocycles. The molecule has 3 rings (SSSR count). The number of hydrogen-bond acceptors (Lipinski definition) is 5. The molecule has 25 heavy (non-hydrogen) atoms. The second kappa shape index (κ2) is 7.00. The number of nitrogens with zero attached hydrogens (tertiary/aromatic N) is 2. The van der Waals surface area contributed by atoms with Gasteiger partial charge in [0.2, 0.25) is 11.8 Å². The van der Waals surface area contributed by atoms with Gasteiger partial charge in [0.1, 0.15) is 5.69 Å². The van der Waals surface area contributed by atoms with Gasteiger partial charge in [-0.3, -0.25) is 19.4 Å². The van der Waals surface area contributed by atoms with Crippen molar-refractivity contribution in [3.63, 3.8) is 0 Å². The van der Waals surface area contributed by atoms with Crippen molar-refractivity contribution in [3.8, 4) is 11.1 Å². The molecule has 2 aromatic heterocycles. The predicted octanol–water partition coefficient (Wildman–Crippen LogP) is 0.101. The maximum absolute atomic E-state index is 12.0. The Morgan fingerprint density at radius 2 is 1.96 bits per heavy atom. The van der Waals surface area contributed by atoms with Gasteiger partial charge in [0.25, 0.3) is 5.56 Å². The van der Waals surface area contributed by atoms with Crippen molar-refractivity contribution in [2.24, 2.45) is 5.73 Å². The van der Waals surface area contributed by atoms with Crippen molar-refractivity contribution in [1.29, 1.82) is 0 Å². The SMILES string of the molecule is NC(=O)C=CC(=O)N1CC(Nc2cc(-c3ccncc3)c[nH]c2=O)C1. The molecular formula is C17H17N5O3. The van der Waals surface area contributed by atoms with Crippen molar-refractivity contribution in [2.45, 2.75) is 6.04 Å². The summed E-state index contributed by atoms with van der Waals surface area (Å²) in [5.41, 5.74) is 6.98. The summed E-state index contributed by atoms with van der Waals surface area (Å²) in [5, 5.41) is 3.14. The summed E-state index contributed by atoms with van der Waals surface area (Å²) >= 11 is 0. The molecule has 1 saturated heterocycles. The van der Waals surface area contributed by atoms with Gasteiger partial charge in [-0.1, -0.05) is 0 Å². The van der Waals surface area contributed by atoms with Crippen LogP contribution in [0.25, 0.3) is 11.1 Å². The number of pyridine rings is 2. The second-order valence-electron chi connectivity index (χ2n) is 5.69. The van der Waals surface area contributed by atoms with Gasteiger partial charge in [-0.05, 0) is 23.8 Å². The van der Waals surface area contributed by atoms with Gasteiger partial charge in [0, 0.05) is 49.4 Å². The molecule has 0 bridgehead atoms. The molecule has 128 valence electrons. The zero-order valence-electron chi connectivity index (χ0n) is 13.3. The lowest BCUT2D eigenvalue weighted by atomic mass is 10.1. The molecule has 0 radical (unpaired) electrons. The van der Waals surface area contributed by atoms with Crippen molar-refractivity contribution >= 4 is 17.5 Å². The number of likely N-dealkylation sites (tertiary alicyclic amines) is 1. The summed E-state index contributed by atoms with van der Waals surface area (Å²) in [5.74, 6) is -0.945. The molecule has 8 nitrogen and oxygen atoms in total. The molecule has 1 fully saturated rings. The van der Waals surface area contributed by atoms with Crippen molar-refractivity contribution in [2.75, 3.05) is 18.4 Å². The Labute approximate surface area is 143 Å². The molecule has 1 aliphatic rings. The third-order valence-corrected chi connectivity index (χ3v) is 3.86. The van der Waals surface area contributed by atoms with E-state index in [9.17, 15) is 14.4 Å². The van der Waals surface area contributed by atoms with Crippen LogP contribution in [-0.2, 0) is 9.59 Å². The number of hydrogen-bond donors (Lipinski definition) is 3. The number of nitrogens with two attached hydrogens (primary N) is 1. The maximum atomic E-state index is 12.0. The van der Waals surface area contributed by atoms with Crippen LogP contribution in [0.5, 0.6) is 0 Å². The van der Waals surface area contributed by atoms with E-state index in [2.05, 4.69) is 15.3 Å². The van der Waals surface area contributed by atoms with E-state index in [1.807, 2.05) is 12.1 Å². The van der Waals surface area contributed by atoms with Gasteiger partial charge < -0.3 is 20.9 Å². The minimum absolute atomic E-state index is 0.0280. The van der Waals surface area contributed by atoms with E-state index < -0.39 is 5.91 Å². The Hall–Kier alpha value is -3.42. The minimum atomic E-state index is -0.664. The fourth-order valence-corrected chi connectivity index (χ4v) is 2.53. The smallest absolute Gasteiger partial charge is 0.271 e. The van der Waals surface area contributed by atoms with Crippen LogP contribution in [0.2, 0.25) is 0 Å². The lowest BCUT2D eigenvalue weighted by Crippen LogP contribution is -2.57. The number of amides is 2. The van der Waals surface area contributed by atoms with Crippen LogP contribution in [0.3, 0.4) is 0 Å². The minimum Gasteiger partial charge on any atom is -0.374 e. The first-order valence-electron chi connectivity index (χ1n) is 7.69. The molecule has 0 atom stereocenters. The fourth-order valence-electron chi connectivity index (χ4n) is 2.53. The molecule has 0 spiro atoms. The summed E-state index contributed by atoms with van der Waals surface area (Å²) in [6.45, 7) is 0.891. The molecule has 0 saturated carbocycles. The zero-order valence-corrected chi connectivity index (χ0v) is 13.3. The van der Waals surface area contributed by atoms with E-state index >= 15 is 0 Å². The van der Waals surface area contributed by atoms with Gasteiger partial charge in [0.15, 0.2) is 0 Å². The number of carbonyl (C=O) groups excluding carboxylic acids is 2. The highest BCUT2D eigenvalue weighted by molar-refractivity contribution is 5.96. The second-order valence-corrected chi connectivity index (χ2v) is 5.69. The first kappa shape index (κ1) is 16.4. The number of anilines is 1. The molecule has 8 heteroatoms. The number of aromatic amines is 1. The fraction of sp³-hybridized carbons (Fsp3) is 0.176. The van der Waals surface area contributed by atoms with Crippen LogP contribution < -0.4 is 16.6 Å². The number of H-pyrrole nitrogens is 1. The molecule has 0 unspecified atom stereocenters. The van der Waals surface area contributed by atoms with Crippen LogP contribution in [-0.4, -0.2) is 45.8 Å². The molecule has 2 aromatic rings. The Balaban J connectivity index is 1.64. The highest BCUT2D eigenvalue weighted by Crippen LogP contribution is 2.20. The number of aromatic nitrogens is 2. The normalized spacial score (nSPS) is 14.3. The number of nitrogens with one attached hydrogen (secondary N) is 2. The molecule has 1 aliphatic heterocycles. The van der Waals surface area contributed by atoms with Gasteiger partial charge >= 0.3 is 0 Å². The van der Waals surface area contributed by atoms with E-state index in [0.717, 1.165) is 23.3 Å². The Morgan fingerprint density at radius 1 is 1.24 bits per heavy atom. The summed E-state index contributed by atoms with van der Waals surface area (Å²) in [4.78, 5) is 42.6. The lowest BCUT2D eigenvalue weighted by molar-refractivity contribution is -0.130. The topological polar surface area (TPSA) is 121 Å². The van der Waals surface area contributed by atoms with Crippen LogP contribution in [0.4, 0.5) is 5.69 Å². The van der Waals surface area contributed by atoms with E-state index in [0.29, 0.717) is 18.8 Å².